The lowest BCUT2D eigenvalue weighted by Crippen LogP contribution is -2.25. The quantitative estimate of drug-likeness (QED) is 0.672. The molecule has 0 aromatic carbocycles. The molecule has 0 heterocycles. The monoisotopic (exact) mass is 203 g/mol. The highest BCUT2D eigenvalue weighted by atomic mass is 32.1. The Kier molecular flexibility index (Phi) is 11.5. The number of carbonyl (C=O) groups excluding carboxylic acids is 1. The number of nitrogens with one attached hydrogen (secondary N) is 1. The average Bonchev–Trinajstić information content (AvgIpc) is 2.08. The van der Waals surface area contributed by atoms with Gasteiger partial charge in [-0.05, 0) is 25.3 Å². The average molecular weight is 203 g/mol. The van der Waals surface area contributed by atoms with Gasteiger partial charge in [0.2, 0.25) is 0 Å². The second kappa shape index (κ2) is 9.81. The molecule has 0 aliphatic heterocycles. The molecule has 13 heavy (non-hydrogen) atoms. The van der Waals surface area contributed by atoms with Crippen LogP contribution in [0.1, 0.15) is 33.6 Å². The molecule has 0 amide bonds. The van der Waals surface area contributed by atoms with Gasteiger partial charge in [-0.15, -0.1) is 12.6 Å². The molecule has 0 aliphatic rings. The summed E-state index contributed by atoms with van der Waals surface area (Å²) in [7, 11) is 1.84. The molecule has 0 saturated carbocycles. The predicted molar refractivity (Wildman–Crippen MR) is 62.2 cm³/mol. The van der Waals surface area contributed by atoms with Crippen molar-refractivity contribution in [2.45, 2.75) is 39.7 Å². The third kappa shape index (κ3) is 9.64. The zero-order chi connectivity index (χ0) is 10.9. The number of hydrogen-bond donors (Lipinski definition) is 2. The van der Waals surface area contributed by atoms with E-state index < -0.39 is 0 Å². The van der Waals surface area contributed by atoms with Crippen LogP contribution in [-0.2, 0) is 4.79 Å². The second-order valence-electron chi connectivity index (χ2n) is 2.57. The van der Waals surface area contributed by atoms with Crippen molar-refractivity contribution in [2.75, 3.05) is 7.05 Å². The molecule has 0 saturated heterocycles. The van der Waals surface area contributed by atoms with Crippen LogP contribution in [-0.4, -0.2) is 18.9 Å². The minimum Gasteiger partial charge on any atom is -0.313 e. The summed E-state index contributed by atoms with van der Waals surface area (Å²) in [5, 5.41) is 3.03. The Balaban J connectivity index is 0. The summed E-state index contributed by atoms with van der Waals surface area (Å²) in [6.07, 6.45) is 1.37. The van der Waals surface area contributed by atoms with Crippen LogP contribution >= 0.6 is 12.6 Å². The Labute approximate surface area is 87.2 Å². The fourth-order valence-corrected chi connectivity index (χ4v) is 1.08. The normalized spacial score (nSPS) is 11.2. The molecule has 0 fully saturated rings. The lowest BCUT2D eigenvalue weighted by molar-refractivity contribution is -0.117. The predicted octanol–water partition coefficient (Wildman–Crippen LogP) is 2.41. The van der Waals surface area contributed by atoms with E-state index in [1.807, 2.05) is 20.9 Å². The number of ketones is 1. The summed E-state index contributed by atoms with van der Waals surface area (Å²) in [6, 6.07) is 0.155. The fraction of sp³-hybridized carbons (Fsp3) is 0.700. The summed E-state index contributed by atoms with van der Waals surface area (Å²) in [4.78, 5) is 11.4. The Morgan fingerprint density at radius 3 is 2.23 bits per heavy atom. The topological polar surface area (TPSA) is 29.1 Å². The van der Waals surface area contributed by atoms with E-state index in [1.54, 1.807) is 6.92 Å². The lowest BCUT2D eigenvalue weighted by atomic mass is 10.1. The van der Waals surface area contributed by atoms with Crippen molar-refractivity contribution >= 4 is 18.4 Å². The van der Waals surface area contributed by atoms with Crippen LogP contribution in [0.3, 0.4) is 0 Å². The Bertz CT molecular complexity index is 157. The van der Waals surface area contributed by atoms with Gasteiger partial charge in [0, 0.05) is 12.5 Å². The molecule has 0 rings (SSSR count). The highest BCUT2D eigenvalue weighted by Gasteiger charge is 2.07. The first kappa shape index (κ1) is 15.2. The van der Waals surface area contributed by atoms with Crippen molar-refractivity contribution in [3.63, 3.8) is 0 Å². The summed E-state index contributed by atoms with van der Waals surface area (Å²) < 4.78 is 0. The molecular formula is C10H21NOS. The van der Waals surface area contributed by atoms with Gasteiger partial charge in [-0.1, -0.05) is 20.4 Å². The molecule has 78 valence electrons. The summed E-state index contributed by atoms with van der Waals surface area (Å²) in [6.45, 7) is 9.29. The van der Waals surface area contributed by atoms with Crippen molar-refractivity contribution in [1.82, 2.24) is 5.32 Å². The van der Waals surface area contributed by atoms with Crippen LogP contribution in [0.4, 0.5) is 0 Å². The molecule has 0 bridgehead atoms. The van der Waals surface area contributed by atoms with E-state index in [0.717, 1.165) is 11.3 Å². The number of hydrogen-bond acceptors (Lipinski definition) is 3. The van der Waals surface area contributed by atoms with Crippen molar-refractivity contribution < 1.29 is 4.79 Å². The summed E-state index contributed by atoms with van der Waals surface area (Å²) in [5.41, 5.74) is 0. The van der Waals surface area contributed by atoms with E-state index in [0.29, 0.717) is 6.42 Å². The van der Waals surface area contributed by atoms with E-state index in [-0.39, 0.29) is 11.8 Å². The minimum atomic E-state index is 0.155. The van der Waals surface area contributed by atoms with Gasteiger partial charge in [0.25, 0.3) is 0 Å². The fourth-order valence-electron chi connectivity index (χ4n) is 0.825. The molecule has 1 unspecified atom stereocenters. The largest absolute Gasteiger partial charge is 0.313 e. The molecule has 0 aromatic heterocycles. The van der Waals surface area contributed by atoms with Gasteiger partial charge in [0.05, 0.1) is 0 Å². The summed E-state index contributed by atoms with van der Waals surface area (Å²) in [5.74, 6) is 0.208. The van der Waals surface area contributed by atoms with Gasteiger partial charge in [-0.25, -0.2) is 0 Å². The van der Waals surface area contributed by atoms with Crippen LogP contribution in [0.5, 0.6) is 0 Å². The Morgan fingerprint density at radius 2 is 2.00 bits per heavy atom. The van der Waals surface area contributed by atoms with Crippen molar-refractivity contribution in [1.29, 1.82) is 0 Å². The SMILES string of the molecule is C=C(S)C(CCC(C)=O)NC.CC. The number of thiol groups is 1. The zero-order valence-electron chi connectivity index (χ0n) is 9.05. The third-order valence-corrected chi connectivity index (χ3v) is 1.85. The highest BCUT2D eigenvalue weighted by molar-refractivity contribution is 7.84. The molecule has 0 radical (unpaired) electrons. The van der Waals surface area contributed by atoms with Crippen LogP contribution in [0.15, 0.2) is 11.5 Å². The minimum absolute atomic E-state index is 0.155. The number of Topliss-reactive ketones (excluding diaryl/α,β-unsaturated/α-hetero) is 1. The molecule has 1 N–H and O–H groups in total. The van der Waals surface area contributed by atoms with Crippen LogP contribution in [0, 0.1) is 0 Å². The van der Waals surface area contributed by atoms with Gasteiger partial charge in [0.1, 0.15) is 5.78 Å². The van der Waals surface area contributed by atoms with E-state index in [1.165, 1.54) is 0 Å². The molecular weight excluding hydrogens is 182 g/mol. The van der Waals surface area contributed by atoms with Gasteiger partial charge in [-0.3, -0.25) is 0 Å². The maximum absolute atomic E-state index is 10.6. The first-order valence-electron chi connectivity index (χ1n) is 4.62. The summed E-state index contributed by atoms with van der Waals surface area (Å²) >= 11 is 4.11. The van der Waals surface area contributed by atoms with Gasteiger partial charge in [0.15, 0.2) is 0 Å². The molecule has 0 spiro atoms. The lowest BCUT2D eigenvalue weighted by Gasteiger charge is -2.13. The van der Waals surface area contributed by atoms with Crippen LogP contribution < -0.4 is 5.32 Å². The second-order valence-corrected chi connectivity index (χ2v) is 3.15. The van der Waals surface area contributed by atoms with E-state index >= 15 is 0 Å². The maximum Gasteiger partial charge on any atom is 0.129 e. The number of rotatable bonds is 5. The Hall–Kier alpha value is -0.280. The first-order chi connectivity index (χ1) is 6.07. The maximum atomic E-state index is 10.6. The van der Waals surface area contributed by atoms with Crippen molar-refractivity contribution in [3.8, 4) is 0 Å². The van der Waals surface area contributed by atoms with Crippen molar-refractivity contribution in [3.05, 3.63) is 11.5 Å². The van der Waals surface area contributed by atoms with E-state index in [4.69, 9.17) is 0 Å². The molecule has 0 aliphatic carbocycles. The molecule has 1 atom stereocenters. The smallest absolute Gasteiger partial charge is 0.129 e. The van der Waals surface area contributed by atoms with E-state index in [2.05, 4.69) is 24.5 Å². The van der Waals surface area contributed by atoms with Crippen LogP contribution in [0.25, 0.3) is 0 Å². The van der Waals surface area contributed by atoms with Crippen molar-refractivity contribution in [2.24, 2.45) is 0 Å². The van der Waals surface area contributed by atoms with Crippen LogP contribution in [0.2, 0.25) is 0 Å². The van der Waals surface area contributed by atoms with Gasteiger partial charge in [-0.2, -0.15) is 0 Å². The van der Waals surface area contributed by atoms with Gasteiger partial charge >= 0.3 is 0 Å². The Morgan fingerprint density at radius 1 is 1.54 bits per heavy atom. The van der Waals surface area contributed by atoms with Gasteiger partial charge < -0.3 is 10.1 Å². The molecule has 2 nitrogen and oxygen atoms in total. The number of carbonyl (C=O) groups is 1. The number of likely N-dealkylation sites (N-methyl/N-ethyl adjacent to an activating group) is 1. The third-order valence-electron chi connectivity index (χ3n) is 1.54. The van der Waals surface area contributed by atoms with E-state index in [9.17, 15) is 4.79 Å². The highest BCUT2D eigenvalue weighted by Crippen LogP contribution is 2.09. The zero-order valence-corrected chi connectivity index (χ0v) is 9.95. The molecule has 0 aromatic rings. The standard InChI is InChI=1S/C8H15NOS.C2H6/c1-6(10)4-5-8(9-3)7(2)11;1-2/h8-9,11H,2,4-5H2,1,3H3;1-2H3. The first-order valence-corrected chi connectivity index (χ1v) is 5.07. The molecule has 3 heteroatoms.